The summed E-state index contributed by atoms with van der Waals surface area (Å²) in [6, 6.07) is 0. The van der Waals surface area contributed by atoms with Crippen LogP contribution in [0, 0.1) is 11.8 Å². The van der Waals surface area contributed by atoms with Crippen LogP contribution in [0.1, 0.15) is 56.0 Å². The minimum absolute atomic E-state index is 0.382. The zero-order chi connectivity index (χ0) is 15.0. The molecular weight excluding hydrogens is 284 g/mol. The van der Waals surface area contributed by atoms with E-state index in [9.17, 15) is 9.90 Å². The van der Waals surface area contributed by atoms with Crippen LogP contribution in [0.4, 0.5) is 5.13 Å². The van der Waals surface area contributed by atoms with Crippen LogP contribution in [0.25, 0.3) is 0 Å². The standard InChI is InChI=1S/C16H24N2O2S/c1-10(2)11-6-8-18(9-7-11)16-17-14-12(15(19)20)4-3-5-13(14)21-16/h10-12H,3-9H2,1-2H3,(H,19,20). The number of carbonyl (C=O) groups is 1. The van der Waals surface area contributed by atoms with Gasteiger partial charge in [0.15, 0.2) is 5.13 Å². The molecule has 2 aliphatic rings. The number of hydrogen-bond donors (Lipinski definition) is 1. The van der Waals surface area contributed by atoms with Crippen LogP contribution in [0.5, 0.6) is 0 Å². The summed E-state index contributed by atoms with van der Waals surface area (Å²) >= 11 is 1.72. The molecular formula is C16H24N2O2S. The molecule has 1 atom stereocenters. The molecule has 3 rings (SSSR count). The number of carboxylic acid groups (broad SMARTS) is 1. The molecule has 5 heteroatoms. The second kappa shape index (κ2) is 5.95. The monoisotopic (exact) mass is 308 g/mol. The van der Waals surface area contributed by atoms with Crippen molar-refractivity contribution in [2.24, 2.45) is 11.8 Å². The largest absolute Gasteiger partial charge is 0.481 e. The topological polar surface area (TPSA) is 53.4 Å². The molecule has 21 heavy (non-hydrogen) atoms. The fourth-order valence-corrected chi connectivity index (χ4v) is 4.75. The Morgan fingerprint density at radius 3 is 2.67 bits per heavy atom. The number of aryl methyl sites for hydroxylation is 1. The average molecular weight is 308 g/mol. The van der Waals surface area contributed by atoms with Crippen LogP contribution in [-0.4, -0.2) is 29.1 Å². The molecule has 0 spiro atoms. The van der Waals surface area contributed by atoms with Crippen LogP contribution in [0.3, 0.4) is 0 Å². The highest BCUT2D eigenvalue weighted by atomic mass is 32.1. The van der Waals surface area contributed by atoms with E-state index in [-0.39, 0.29) is 5.92 Å². The van der Waals surface area contributed by atoms with Crippen molar-refractivity contribution in [3.63, 3.8) is 0 Å². The summed E-state index contributed by atoms with van der Waals surface area (Å²) in [6.07, 6.45) is 5.16. The van der Waals surface area contributed by atoms with Gasteiger partial charge >= 0.3 is 5.97 Å². The molecule has 2 heterocycles. The lowest BCUT2D eigenvalue weighted by Crippen LogP contribution is -2.35. The van der Waals surface area contributed by atoms with E-state index in [1.165, 1.54) is 17.7 Å². The minimum atomic E-state index is -0.716. The first kappa shape index (κ1) is 14.8. The maximum absolute atomic E-state index is 11.4. The smallest absolute Gasteiger partial charge is 0.312 e. The highest BCUT2D eigenvalue weighted by molar-refractivity contribution is 7.15. The maximum atomic E-state index is 11.4. The molecule has 0 amide bonds. The minimum Gasteiger partial charge on any atom is -0.481 e. The van der Waals surface area contributed by atoms with Crippen molar-refractivity contribution >= 4 is 22.4 Å². The molecule has 1 unspecified atom stereocenters. The van der Waals surface area contributed by atoms with Gasteiger partial charge in [-0.3, -0.25) is 4.79 Å². The van der Waals surface area contributed by atoms with Gasteiger partial charge in [0.1, 0.15) is 5.92 Å². The summed E-state index contributed by atoms with van der Waals surface area (Å²) in [7, 11) is 0. The van der Waals surface area contributed by atoms with Crippen LogP contribution < -0.4 is 4.90 Å². The summed E-state index contributed by atoms with van der Waals surface area (Å²) in [5, 5.41) is 10.4. The molecule has 116 valence electrons. The first-order chi connectivity index (χ1) is 10.1. The van der Waals surface area contributed by atoms with Crippen LogP contribution in [0.15, 0.2) is 0 Å². The van der Waals surface area contributed by atoms with Gasteiger partial charge in [-0.05, 0) is 43.9 Å². The number of aliphatic carboxylic acids is 1. The van der Waals surface area contributed by atoms with Gasteiger partial charge in [0, 0.05) is 18.0 Å². The third-order valence-corrected chi connectivity index (χ3v) is 6.19. The van der Waals surface area contributed by atoms with Crippen molar-refractivity contribution in [2.45, 2.75) is 51.9 Å². The predicted molar refractivity (Wildman–Crippen MR) is 85.2 cm³/mol. The number of carboxylic acids is 1. The summed E-state index contributed by atoms with van der Waals surface area (Å²) in [6.45, 7) is 6.74. The predicted octanol–water partition coefficient (Wildman–Crippen LogP) is 3.52. The zero-order valence-electron chi connectivity index (χ0n) is 12.8. The average Bonchev–Trinajstić information content (AvgIpc) is 2.90. The van der Waals surface area contributed by atoms with E-state index in [1.807, 2.05) is 0 Å². The zero-order valence-corrected chi connectivity index (χ0v) is 13.7. The number of thiazole rings is 1. The van der Waals surface area contributed by atoms with Crippen molar-refractivity contribution in [3.8, 4) is 0 Å². The Morgan fingerprint density at radius 2 is 2.05 bits per heavy atom. The van der Waals surface area contributed by atoms with E-state index in [4.69, 9.17) is 4.98 Å². The third-order valence-electron chi connectivity index (χ3n) is 4.99. The van der Waals surface area contributed by atoms with Gasteiger partial charge in [-0.1, -0.05) is 13.8 Å². The van der Waals surface area contributed by atoms with E-state index in [1.54, 1.807) is 11.3 Å². The highest BCUT2D eigenvalue weighted by Gasteiger charge is 2.31. The molecule has 1 fully saturated rings. The lowest BCUT2D eigenvalue weighted by Gasteiger charge is -2.33. The van der Waals surface area contributed by atoms with E-state index in [0.29, 0.717) is 0 Å². The Balaban J connectivity index is 1.75. The number of piperidine rings is 1. The van der Waals surface area contributed by atoms with Gasteiger partial charge in [0.25, 0.3) is 0 Å². The van der Waals surface area contributed by atoms with Gasteiger partial charge in [-0.15, -0.1) is 11.3 Å². The van der Waals surface area contributed by atoms with Crippen molar-refractivity contribution in [1.82, 2.24) is 4.98 Å². The number of hydrogen-bond acceptors (Lipinski definition) is 4. The third kappa shape index (κ3) is 2.93. The van der Waals surface area contributed by atoms with Gasteiger partial charge in [-0.2, -0.15) is 0 Å². The quantitative estimate of drug-likeness (QED) is 0.928. The lowest BCUT2D eigenvalue weighted by atomic mass is 9.87. The number of rotatable bonds is 3. The Kier molecular flexibility index (Phi) is 4.20. The number of anilines is 1. The molecule has 1 N–H and O–H groups in total. The first-order valence-electron chi connectivity index (χ1n) is 8.03. The van der Waals surface area contributed by atoms with Gasteiger partial charge < -0.3 is 10.0 Å². The highest BCUT2D eigenvalue weighted by Crippen LogP contribution is 2.39. The van der Waals surface area contributed by atoms with Gasteiger partial charge in [-0.25, -0.2) is 4.98 Å². The van der Waals surface area contributed by atoms with Crippen molar-refractivity contribution in [3.05, 3.63) is 10.6 Å². The Hall–Kier alpha value is -1.10. The molecule has 1 aliphatic heterocycles. The SMILES string of the molecule is CC(C)C1CCN(c2nc3c(s2)CCCC3C(=O)O)CC1. The summed E-state index contributed by atoms with van der Waals surface area (Å²) < 4.78 is 0. The Labute approximate surface area is 130 Å². The lowest BCUT2D eigenvalue weighted by molar-refractivity contribution is -0.139. The number of fused-ring (bicyclic) bond motifs is 1. The molecule has 0 radical (unpaired) electrons. The van der Waals surface area contributed by atoms with Crippen LogP contribution in [-0.2, 0) is 11.2 Å². The van der Waals surface area contributed by atoms with Crippen molar-refractivity contribution in [1.29, 1.82) is 0 Å². The van der Waals surface area contributed by atoms with Crippen molar-refractivity contribution in [2.75, 3.05) is 18.0 Å². The van der Waals surface area contributed by atoms with Gasteiger partial charge in [0.2, 0.25) is 0 Å². The Bertz CT molecular complexity index is 518. The molecule has 1 aliphatic carbocycles. The molecule has 0 bridgehead atoms. The second-order valence-electron chi connectivity index (χ2n) is 6.66. The molecule has 4 nitrogen and oxygen atoms in total. The maximum Gasteiger partial charge on any atom is 0.312 e. The van der Waals surface area contributed by atoms with Crippen LogP contribution in [0.2, 0.25) is 0 Å². The molecule has 1 saturated heterocycles. The molecule has 1 aromatic rings. The van der Waals surface area contributed by atoms with E-state index < -0.39 is 5.97 Å². The number of aromatic nitrogens is 1. The molecule has 1 aromatic heterocycles. The van der Waals surface area contributed by atoms with Crippen LogP contribution >= 0.6 is 11.3 Å². The molecule has 0 saturated carbocycles. The first-order valence-corrected chi connectivity index (χ1v) is 8.85. The number of nitrogens with zero attached hydrogens (tertiary/aromatic N) is 2. The van der Waals surface area contributed by atoms with E-state index in [0.717, 1.165) is 55.0 Å². The fourth-order valence-electron chi connectivity index (χ4n) is 3.54. The normalized spacial score (nSPS) is 23.4. The summed E-state index contributed by atoms with van der Waals surface area (Å²) in [5.74, 6) is 0.480. The molecule has 0 aromatic carbocycles. The second-order valence-corrected chi connectivity index (χ2v) is 7.72. The summed E-state index contributed by atoms with van der Waals surface area (Å²) in [5.41, 5.74) is 0.847. The van der Waals surface area contributed by atoms with Crippen molar-refractivity contribution < 1.29 is 9.90 Å². The van der Waals surface area contributed by atoms with E-state index in [2.05, 4.69) is 18.7 Å². The summed E-state index contributed by atoms with van der Waals surface area (Å²) in [4.78, 5) is 19.6. The Morgan fingerprint density at radius 1 is 1.33 bits per heavy atom. The fraction of sp³-hybridized carbons (Fsp3) is 0.750. The van der Waals surface area contributed by atoms with Gasteiger partial charge in [0.05, 0.1) is 5.69 Å². The van der Waals surface area contributed by atoms with E-state index >= 15 is 0 Å².